The van der Waals surface area contributed by atoms with Crippen molar-refractivity contribution >= 4 is 0 Å². The first-order valence-electron chi connectivity index (χ1n) is 7.18. The topological polar surface area (TPSA) is 15.3 Å². The molecule has 0 bridgehead atoms. The lowest BCUT2D eigenvalue weighted by atomic mass is 9.92. The minimum absolute atomic E-state index is 0.457. The van der Waals surface area contributed by atoms with Crippen LogP contribution >= 0.6 is 0 Å². The molecular weight excluding hydrogens is 208 g/mol. The number of piperazine rings is 1. The average molecular weight is 234 g/mol. The van der Waals surface area contributed by atoms with Gasteiger partial charge in [-0.1, -0.05) is 12.8 Å². The summed E-state index contributed by atoms with van der Waals surface area (Å²) in [5, 5.41) is 3.80. The zero-order chi connectivity index (χ0) is 12.1. The summed E-state index contributed by atoms with van der Waals surface area (Å²) in [6.07, 6.45) is 14.2. The zero-order valence-corrected chi connectivity index (χ0v) is 11.2. The number of nitrogens with zero attached hydrogens (tertiary/aromatic N) is 1. The molecule has 1 N–H and O–H groups in total. The van der Waals surface area contributed by atoms with Gasteiger partial charge in [0.05, 0.1) is 0 Å². The maximum Gasteiger partial charge on any atom is 0.0309 e. The molecule has 2 aliphatic rings. The molecule has 0 aromatic heterocycles. The molecule has 1 spiro atoms. The van der Waals surface area contributed by atoms with Gasteiger partial charge in [-0.3, -0.25) is 4.90 Å². The van der Waals surface area contributed by atoms with Gasteiger partial charge in [-0.05, 0) is 39.2 Å². The zero-order valence-electron chi connectivity index (χ0n) is 11.2. The SMILES string of the molecule is C#CCCCCN1CC2(CCCC2)NCC1C. The van der Waals surface area contributed by atoms with Crippen LogP contribution < -0.4 is 5.32 Å². The molecular formula is C15H26N2. The molecule has 1 aliphatic carbocycles. The van der Waals surface area contributed by atoms with E-state index in [2.05, 4.69) is 23.1 Å². The second kappa shape index (κ2) is 5.89. The van der Waals surface area contributed by atoms with Gasteiger partial charge in [0, 0.05) is 31.1 Å². The highest BCUT2D eigenvalue weighted by atomic mass is 15.2. The third-order valence-electron chi connectivity index (χ3n) is 4.48. The molecule has 1 aliphatic heterocycles. The minimum Gasteiger partial charge on any atom is -0.308 e. The van der Waals surface area contributed by atoms with Gasteiger partial charge in [-0.15, -0.1) is 12.3 Å². The summed E-state index contributed by atoms with van der Waals surface area (Å²) in [6, 6.07) is 0.687. The monoisotopic (exact) mass is 234 g/mol. The highest BCUT2D eigenvalue weighted by Crippen LogP contribution is 2.33. The van der Waals surface area contributed by atoms with Crippen molar-refractivity contribution < 1.29 is 0 Å². The van der Waals surface area contributed by atoms with Crippen LogP contribution in [0.4, 0.5) is 0 Å². The normalized spacial score (nSPS) is 28.4. The Morgan fingerprint density at radius 2 is 2.12 bits per heavy atom. The van der Waals surface area contributed by atoms with Crippen LogP contribution in [0.3, 0.4) is 0 Å². The molecule has 2 rings (SSSR count). The smallest absolute Gasteiger partial charge is 0.0309 e. The molecule has 2 heteroatoms. The molecule has 1 unspecified atom stereocenters. The number of nitrogens with one attached hydrogen (secondary N) is 1. The standard InChI is InChI=1S/C15H26N2/c1-3-4-5-8-11-17-13-15(9-6-7-10-15)16-12-14(17)2/h1,14,16H,4-13H2,2H3. The fourth-order valence-corrected chi connectivity index (χ4v) is 3.32. The molecule has 1 saturated heterocycles. The highest BCUT2D eigenvalue weighted by Gasteiger charge is 2.39. The lowest BCUT2D eigenvalue weighted by Gasteiger charge is -2.45. The van der Waals surface area contributed by atoms with Crippen LogP contribution in [0, 0.1) is 12.3 Å². The van der Waals surface area contributed by atoms with Crippen LogP contribution in [0.15, 0.2) is 0 Å². The predicted octanol–water partition coefficient (Wildman–Crippen LogP) is 2.40. The van der Waals surface area contributed by atoms with Crippen molar-refractivity contribution in [2.75, 3.05) is 19.6 Å². The summed E-state index contributed by atoms with van der Waals surface area (Å²) in [5.74, 6) is 2.73. The fraction of sp³-hybridized carbons (Fsp3) is 0.867. The van der Waals surface area contributed by atoms with Gasteiger partial charge in [0.1, 0.15) is 0 Å². The van der Waals surface area contributed by atoms with Crippen molar-refractivity contribution in [2.45, 2.75) is 63.5 Å². The van der Waals surface area contributed by atoms with E-state index in [0.29, 0.717) is 11.6 Å². The minimum atomic E-state index is 0.457. The molecule has 0 aromatic rings. The van der Waals surface area contributed by atoms with Gasteiger partial charge in [-0.2, -0.15) is 0 Å². The van der Waals surface area contributed by atoms with Crippen molar-refractivity contribution in [2.24, 2.45) is 0 Å². The first kappa shape index (κ1) is 12.9. The molecule has 1 saturated carbocycles. The fourth-order valence-electron chi connectivity index (χ4n) is 3.32. The molecule has 2 nitrogen and oxygen atoms in total. The second-order valence-corrected chi connectivity index (χ2v) is 5.85. The highest BCUT2D eigenvalue weighted by molar-refractivity contribution is 5.00. The maximum atomic E-state index is 5.30. The van der Waals surface area contributed by atoms with E-state index in [1.807, 2.05) is 0 Å². The molecule has 0 amide bonds. The van der Waals surface area contributed by atoms with Gasteiger partial charge >= 0.3 is 0 Å². The average Bonchev–Trinajstić information content (AvgIpc) is 2.78. The van der Waals surface area contributed by atoms with Gasteiger partial charge < -0.3 is 5.32 Å². The van der Waals surface area contributed by atoms with Crippen molar-refractivity contribution in [3.63, 3.8) is 0 Å². The van der Waals surface area contributed by atoms with E-state index < -0.39 is 0 Å². The molecule has 96 valence electrons. The van der Waals surface area contributed by atoms with Crippen LogP contribution in [-0.4, -0.2) is 36.1 Å². The Balaban J connectivity index is 1.80. The number of hydrogen-bond donors (Lipinski definition) is 1. The van der Waals surface area contributed by atoms with E-state index >= 15 is 0 Å². The lowest BCUT2D eigenvalue weighted by molar-refractivity contribution is 0.0877. The Morgan fingerprint density at radius 3 is 2.82 bits per heavy atom. The Hall–Kier alpha value is -0.520. The third-order valence-corrected chi connectivity index (χ3v) is 4.48. The lowest BCUT2D eigenvalue weighted by Crippen LogP contribution is -2.62. The quantitative estimate of drug-likeness (QED) is 0.593. The number of hydrogen-bond acceptors (Lipinski definition) is 2. The van der Waals surface area contributed by atoms with E-state index in [1.54, 1.807) is 0 Å². The molecule has 1 heterocycles. The summed E-state index contributed by atoms with van der Waals surface area (Å²) in [7, 11) is 0. The van der Waals surface area contributed by atoms with Crippen LogP contribution in [0.2, 0.25) is 0 Å². The Bertz CT molecular complexity index is 273. The van der Waals surface area contributed by atoms with Crippen molar-refractivity contribution in [1.82, 2.24) is 10.2 Å². The van der Waals surface area contributed by atoms with Crippen LogP contribution in [0.5, 0.6) is 0 Å². The Morgan fingerprint density at radius 1 is 1.35 bits per heavy atom. The van der Waals surface area contributed by atoms with Crippen LogP contribution in [-0.2, 0) is 0 Å². The summed E-state index contributed by atoms with van der Waals surface area (Å²) >= 11 is 0. The van der Waals surface area contributed by atoms with E-state index in [4.69, 9.17) is 6.42 Å². The van der Waals surface area contributed by atoms with Crippen molar-refractivity contribution in [3.8, 4) is 12.3 Å². The molecule has 2 fully saturated rings. The Kier molecular flexibility index (Phi) is 4.48. The Labute approximate surface area is 106 Å². The maximum absolute atomic E-state index is 5.30. The van der Waals surface area contributed by atoms with E-state index in [1.165, 1.54) is 51.6 Å². The molecule has 0 aromatic carbocycles. The summed E-state index contributed by atoms with van der Waals surface area (Å²) in [5.41, 5.74) is 0.457. The van der Waals surface area contributed by atoms with Crippen molar-refractivity contribution in [1.29, 1.82) is 0 Å². The van der Waals surface area contributed by atoms with Gasteiger partial charge in [-0.25, -0.2) is 0 Å². The van der Waals surface area contributed by atoms with Crippen molar-refractivity contribution in [3.05, 3.63) is 0 Å². The first-order valence-corrected chi connectivity index (χ1v) is 7.18. The predicted molar refractivity (Wildman–Crippen MR) is 72.9 cm³/mol. The third kappa shape index (κ3) is 3.24. The van der Waals surface area contributed by atoms with Gasteiger partial charge in [0.15, 0.2) is 0 Å². The largest absolute Gasteiger partial charge is 0.308 e. The number of terminal acetylenes is 1. The summed E-state index contributed by atoms with van der Waals surface area (Å²) in [6.45, 7) is 5.99. The second-order valence-electron chi connectivity index (χ2n) is 5.85. The number of rotatable bonds is 4. The number of unbranched alkanes of at least 4 members (excludes halogenated alkanes) is 2. The molecule has 1 atom stereocenters. The first-order chi connectivity index (χ1) is 8.26. The van der Waals surface area contributed by atoms with Gasteiger partial charge in [0.25, 0.3) is 0 Å². The van der Waals surface area contributed by atoms with Gasteiger partial charge in [0.2, 0.25) is 0 Å². The molecule has 17 heavy (non-hydrogen) atoms. The van der Waals surface area contributed by atoms with Crippen LogP contribution in [0.25, 0.3) is 0 Å². The summed E-state index contributed by atoms with van der Waals surface area (Å²) < 4.78 is 0. The molecule has 0 radical (unpaired) electrons. The van der Waals surface area contributed by atoms with E-state index in [-0.39, 0.29) is 0 Å². The summed E-state index contributed by atoms with van der Waals surface area (Å²) in [4.78, 5) is 2.68. The van der Waals surface area contributed by atoms with E-state index in [0.717, 1.165) is 13.0 Å². The van der Waals surface area contributed by atoms with E-state index in [9.17, 15) is 0 Å². The van der Waals surface area contributed by atoms with Crippen LogP contribution in [0.1, 0.15) is 51.9 Å².